The first-order valence-electron chi connectivity index (χ1n) is 17.0. The fourth-order valence-electron chi connectivity index (χ4n) is 7.55. The van der Waals surface area contributed by atoms with Crippen LogP contribution in [-0.2, 0) is 40.1 Å². The number of piperidine rings is 1. The van der Waals surface area contributed by atoms with E-state index in [4.69, 9.17) is 10.8 Å². The highest BCUT2D eigenvalue weighted by molar-refractivity contribution is 7.99. The van der Waals surface area contributed by atoms with Crippen molar-refractivity contribution < 1.29 is 37.8 Å². The highest BCUT2D eigenvalue weighted by atomic mass is 32.2. The lowest BCUT2D eigenvalue weighted by Crippen LogP contribution is -2.47. The van der Waals surface area contributed by atoms with Crippen LogP contribution in [0.3, 0.4) is 0 Å². The van der Waals surface area contributed by atoms with E-state index in [0.29, 0.717) is 61.7 Å². The van der Waals surface area contributed by atoms with Crippen LogP contribution in [-0.4, -0.2) is 134 Å². The Kier molecular flexibility index (Phi) is 10.9. The third-order valence-corrected chi connectivity index (χ3v) is 11.1. The molecule has 49 heavy (non-hydrogen) atoms. The molecule has 3 amide bonds. The quantitative estimate of drug-likeness (QED) is 0.247. The lowest BCUT2D eigenvalue weighted by molar-refractivity contribution is -0.144. The second-order valence-electron chi connectivity index (χ2n) is 13.5. The van der Waals surface area contributed by atoms with Gasteiger partial charge in [-0.05, 0) is 50.9 Å². The Morgan fingerprint density at radius 1 is 1.06 bits per heavy atom. The van der Waals surface area contributed by atoms with Crippen molar-refractivity contribution in [3.8, 4) is 11.3 Å². The van der Waals surface area contributed by atoms with Gasteiger partial charge in [0, 0.05) is 79.2 Å². The fraction of sp³-hybridized carbons (Fsp3) is 0.636. The van der Waals surface area contributed by atoms with Gasteiger partial charge in [0.15, 0.2) is 0 Å². The van der Waals surface area contributed by atoms with Gasteiger partial charge in [0.05, 0.1) is 43.0 Å². The van der Waals surface area contributed by atoms with Crippen LogP contribution >= 0.6 is 11.8 Å². The minimum Gasteiger partial charge on any atom is -0.391 e. The topological polar surface area (TPSA) is 148 Å². The number of aliphatic hydroxyl groups excluding tert-OH is 2. The van der Waals surface area contributed by atoms with Crippen molar-refractivity contribution in [3.05, 3.63) is 35.0 Å². The standard InChI is InChI=1S/C33H44F3N7O5S/c34-33(35,36)26-4-3-21(15-28(26)49-14-13-39-8-1-2-9-39)30-25-20-41(32(48)31(37)47)12-7-27(25)43(38-30)19-24(45)17-40-10-5-22(6-11-40)42-18-23(44)16-29(42)46/h3-4,15,22-24,44-45H,1-2,5-14,16-20H2,(H2,37,47)/t23-,24-/m1/s1. The van der Waals surface area contributed by atoms with Gasteiger partial charge < -0.3 is 35.5 Å². The smallest absolute Gasteiger partial charge is 0.391 e. The summed E-state index contributed by atoms with van der Waals surface area (Å²) >= 11 is 1.16. The molecule has 5 heterocycles. The Labute approximate surface area is 287 Å². The molecular weight excluding hydrogens is 663 g/mol. The Balaban J connectivity index is 1.20. The van der Waals surface area contributed by atoms with E-state index in [1.165, 1.54) is 17.0 Å². The number of β-amino-alcohol motifs (C(OH)–C–C–N with tert-alkyl or cyclic N) is 2. The molecular formula is C33H44F3N7O5S. The molecule has 268 valence electrons. The van der Waals surface area contributed by atoms with Gasteiger partial charge in [-0.3, -0.25) is 19.1 Å². The van der Waals surface area contributed by atoms with Crippen LogP contribution in [0.25, 0.3) is 11.3 Å². The van der Waals surface area contributed by atoms with Crippen molar-refractivity contribution in [1.82, 2.24) is 29.4 Å². The number of carbonyl (C=O) groups is 3. The van der Waals surface area contributed by atoms with E-state index in [0.717, 1.165) is 62.3 Å². The maximum atomic E-state index is 14.1. The number of alkyl halides is 3. The van der Waals surface area contributed by atoms with E-state index in [1.807, 2.05) is 0 Å². The molecule has 1 aromatic heterocycles. The molecule has 16 heteroatoms. The van der Waals surface area contributed by atoms with Gasteiger partial charge in [0.25, 0.3) is 0 Å². The average Bonchev–Trinajstić information content (AvgIpc) is 3.79. The lowest BCUT2D eigenvalue weighted by atomic mass is 9.99. The number of fused-ring (bicyclic) bond motifs is 1. The maximum Gasteiger partial charge on any atom is 0.417 e. The Morgan fingerprint density at radius 2 is 1.80 bits per heavy atom. The number of amides is 3. The number of benzene rings is 1. The molecule has 4 N–H and O–H groups in total. The molecule has 3 saturated heterocycles. The van der Waals surface area contributed by atoms with E-state index in [9.17, 15) is 37.8 Å². The van der Waals surface area contributed by atoms with Crippen LogP contribution in [0.5, 0.6) is 0 Å². The van der Waals surface area contributed by atoms with E-state index >= 15 is 0 Å². The van der Waals surface area contributed by atoms with E-state index in [-0.39, 0.29) is 42.9 Å². The van der Waals surface area contributed by atoms with Crippen LogP contribution in [0.15, 0.2) is 23.1 Å². The molecule has 2 atom stereocenters. The molecule has 0 saturated carbocycles. The van der Waals surface area contributed by atoms with Crippen molar-refractivity contribution in [1.29, 1.82) is 0 Å². The van der Waals surface area contributed by atoms with Gasteiger partial charge in [0.2, 0.25) is 5.91 Å². The second-order valence-corrected chi connectivity index (χ2v) is 14.6. The van der Waals surface area contributed by atoms with Gasteiger partial charge in [-0.25, -0.2) is 0 Å². The molecule has 0 bridgehead atoms. The lowest BCUT2D eigenvalue weighted by Gasteiger charge is -2.37. The number of nitrogens with two attached hydrogens (primary N) is 1. The zero-order valence-electron chi connectivity index (χ0n) is 27.4. The van der Waals surface area contributed by atoms with E-state index in [1.54, 1.807) is 9.58 Å². The summed E-state index contributed by atoms with van der Waals surface area (Å²) in [6, 6.07) is 4.03. The number of likely N-dealkylation sites (tertiary alicyclic amines) is 3. The normalized spacial score (nSPS) is 21.8. The maximum absolute atomic E-state index is 14.1. The third-order valence-electron chi connectivity index (χ3n) is 10.0. The predicted molar refractivity (Wildman–Crippen MR) is 175 cm³/mol. The van der Waals surface area contributed by atoms with Gasteiger partial charge in [-0.15, -0.1) is 11.8 Å². The zero-order chi connectivity index (χ0) is 34.9. The molecule has 0 spiro atoms. The largest absolute Gasteiger partial charge is 0.417 e. The minimum atomic E-state index is -4.54. The van der Waals surface area contributed by atoms with Crippen molar-refractivity contribution in [2.75, 3.05) is 58.1 Å². The van der Waals surface area contributed by atoms with Crippen LogP contribution in [0.4, 0.5) is 13.2 Å². The molecule has 1 aromatic carbocycles. The summed E-state index contributed by atoms with van der Waals surface area (Å²) in [6.45, 7) is 5.01. The van der Waals surface area contributed by atoms with Crippen LogP contribution in [0.2, 0.25) is 0 Å². The van der Waals surface area contributed by atoms with Gasteiger partial charge in [-0.1, -0.05) is 6.07 Å². The molecule has 12 nitrogen and oxygen atoms in total. The summed E-state index contributed by atoms with van der Waals surface area (Å²) in [7, 11) is 0. The summed E-state index contributed by atoms with van der Waals surface area (Å²) in [5.74, 6) is -1.46. The van der Waals surface area contributed by atoms with Crippen molar-refractivity contribution in [2.45, 2.75) is 80.9 Å². The number of hydrogen-bond acceptors (Lipinski definition) is 9. The Morgan fingerprint density at radius 3 is 2.45 bits per heavy atom. The number of nitrogens with zero attached hydrogens (tertiary/aromatic N) is 6. The third kappa shape index (κ3) is 8.25. The number of carbonyl (C=O) groups excluding carboxylic acids is 3. The summed E-state index contributed by atoms with van der Waals surface area (Å²) in [6.07, 6.45) is -1.83. The highest BCUT2D eigenvalue weighted by Crippen LogP contribution is 2.40. The summed E-state index contributed by atoms with van der Waals surface area (Å²) < 4.78 is 43.9. The molecule has 0 aliphatic carbocycles. The number of halogens is 3. The monoisotopic (exact) mass is 707 g/mol. The summed E-state index contributed by atoms with van der Waals surface area (Å²) in [5.41, 5.74) is 6.79. The van der Waals surface area contributed by atoms with Gasteiger partial charge >= 0.3 is 18.0 Å². The number of rotatable bonds is 10. The molecule has 2 aromatic rings. The van der Waals surface area contributed by atoms with Gasteiger partial charge in [-0.2, -0.15) is 18.3 Å². The number of hydrogen-bond donors (Lipinski definition) is 3. The fourth-order valence-corrected chi connectivity index (χ4v) is 8.67. The number of aromatic nitrogens is 2. The zero-order valence-corrected chi connectivity index (χ0v) is 28.2. The molecule has 4 aliphatic heterocycles. The Hall–Kier alpha value is -3.18. The van der Waals surface area contributed by atoms with Crippen LogP contribution in [0, 0.1) is 0 Å². The van der Waals surface area contributed by atoms with Crippen molar-refractivity contribution >= 4 is 29.5 Å². The molecule has 0 unspecified atom stereocenters. The number of primary amides is 1. The Bertz CT molecular complexity index is 1540. The van der Waals surface area contributed by atoms with E-state index in [2.05, 4.69) is 9.80 Å². The SMILES string of the molecule is NC(=O)C(=O)N1CCc2c(c(-c3ccc(C(F)(F)F)c(SCCN4CCCC4)c3)nn2C[C@H](O)CN2CCC(N3C[C@H](O)CC3=O)CC2)C1. The predicted octanol–water partition coefficient (Wildman–Crippen LogP) is 1.55. The number of aliphatic hydroxyl groups is 2. The van der Waals surface area contributed by atoms with Gasteiger partial charge in [0.1, 0.15) is 0 Å². The molecule has 6 rings (SSSR count). The minimum absolute atomic E-state index is 0.0123. The number of thioether (sulfide) groups is 1. The first-order valence-corrected chi connectivity index (χ1v) is 18.0. The van der Waals surface area contributed by atoms with Crippen molar-refractivity contribution in [3.63, 3.8) is 0 Å². The summed E-state index contributed by atoms with van der Waals surface area (Å²) in [5, 5.41) is 25.9. The average molecular weight is 708 g/mol. The molecule has 3 fully saturated rings. The first kappa shape index (κ1) is 35.6. The molecule has 0 radical (unpaired) electrons. The molecule has 4 aliphatic rings. The first-order chi connectivity index (χ1) is 23.4. The second kappa shape index (κ2) is 15.0. The summed E-state index contributed by atoms with van der Waals surface area (Å²) in [4.78, 5) is 44.1. The van der Waals surface area contributed by atoms with Crippen molar-refractivity contribution in [2.24, 2.45) is 5.73 Å². The van der Waals surface area contributed by atoms with Crippen LogP contribution < -0.4 is 5.73 Å². The van der Waals surface area contributed by atoms with E-state index < -0.39 is 35.8 Å². The van der Waals surface area contributed by atoms with Crippen LogP contribution in [0.1, 0.15) is 48.9 Å². The highest BCUT2D eigenvalue weighted by Gasteiger charge is 2.37.